The van der Waals surface area contributed by atoms with Gasteiger partial charge < -0.3 is 5.32 Å². The van der Waals surface area contributed by atoms with Crippen molar-refractivity contribution in [1.82, 2.24) is 15.3 Å². The van der Waals surface area contributed by atoms with Gasteiger partial charge in [0, 0.05) is 24.3 Å². The Balaban J connectivity index is 1.92. The molecule has 1 atom stereocenters. The zero-order valence-electron chi connectivity index (χ0n) is 8.85. The fourth-order valence-corrected chi connectivity index (χ4v) is 2.03. The summed E-state index contributed by atoms with van der Waals surface area (Å²) < 4.78 is 12.9. The smallest absolute Gasteiger partial charge is 0.141 e. The van der Waals surface area contributed by atoms with E-state index in [1.165, 1.54) is 12.3 Å². The molecular weight excluding hydrogens is 225 g/mol. The van der Waals surface area contributed by atoms with E-state index in [9.17, 15) is 4.39 Å². The van der Waals surface area contributed by atoms with E-state index in [1.54, 1.807) is 23.7 Å². The second kappa shape index (κ2) is 5.14. The summed E-state index contributed by atoms with van der Waals surface area (Å²) in [5.74, 6) is -0.304. The Morgan fingerprint density at radius 2 is 2.38 bits per heavy atom. The summed E-state index contributed by atoms with van der Waals surface area (Å²) in [5, 5.41) is 6.24. The third-order valence-corrected chi connectivity index (χ3v) is 3.15. The molecule has 16 heavy (non-hydrogen) atoms. The zero-order chi connectivity index (χ0) is 11.4. The Bertz CT molecular complexity index is 444. The molecule has 84 valence electrons. The Labute approximate surface area is 97.4 Å². The first-order valence-corrected chi connectivity index (χ1v) is 5.86. The number of halogens is 1. The minimum atomic E-state index is -0.304. The molecule has 0 saturated carbocycles. The van der Waals surface area contributed by atoms with Gasteiger partial charge in [0.15, 0.2) is 0 Å². The summed E-state index contributed by atoms with van der Waals surface area (Å²) in [7, 11) is 0. The molecule has 3 nitrogen and oxygen atoms in total. The van der Waals surface area contributed by atoms with Crippen LogP contribution >= 0.6 is 11.3 Å². The van der Waals surface area contributed by atoms with Gasteiger partial charge in [0.25, 0.3) is 0 Å². The monoisotopic (exact) mass is 237 g/mol. The molecule has 1 unspecified atom stereocenters. The second-order valence-corrected chi connectivity index (χ2v) is 4.41. The van der Waals surface area contributed by atoms with E-state index in [1.807, 2.05) is 12.3 Å². The van der Waals surface area contributed by atoms with E-state index in [4.69, 9.17) is 0 Å². The van der Waals surface area contributed by atoms with E-state index in [2.05, 4.69) is 15.3 Å². The van der Waals surface area contributed by atoms with Crippen LogP contribution in [0.2, 0.25) is 0 Å². The van der Waals surface area contributed by atoms with Gasteiger partial charge in [0.2, 0.25) is 0 Å². The first-order valence-electron chi connectivity index (χ1n) is 4.98. The van der Waals surface area contributed by atoms with Crippen LogP contribution in [0.4, 0.5) is 4.39 Å². The predicted molar refractivity (Wildman–Crippen MR) is 61.6 cm³/mol. The summed E-state index contributed by atoms with van der Waals surface area (Å²) in [4.78, 5) is 8.01. The molecule has 0 fully saturated rings. The molecule has 0 aliphatic carbocycles. The SMILES string of the molecule is CC(NCc1cncc(F)c1)c1nccs1. The number of nitrogens with one attached hydrogen (secondary N) is 1. The van der Waals surface area contributed by atoms with Crippen LogP contribution in [0.5, 0.6) is 0 Å². The Kier molecular flexibility index (Phi) is 3.58. The highest BCUT2D eigenvalue weighted by atomic mass is 32.1. The molecule has 0 amide bonds. The Hall–Kier alpha value is -1.33. The van der Waals surface area contributed by atoms with Gasteiger partial charge in [-0.05, 0) is 18.6 Å². The molecule has 2 aromatic heterocycles. The normalized spacial score (nSPS) is 12.6. The van der Waals surface area contributed by atoms with Crippen LogP contribution < -0.4 is 5.32 Å². The van der Waals surface area contributed by atoms with Crippen molar-refractivity contribution in [3.05, 3.63) is 46.4 Å². The molecule has 0 aliphatic heterocycles. The van der Waals surface area contributed by atoms with E-state index < -0.39 is 0 Å². The molecule has 0 aliphatic rings. The highest BCUT2D eigenvalue weighted by Gasteiger charge is 2.07. The molecule has 5 heteroatoms. The highest BCUT2D eigenvalue weighted by molar-refractivity contribution is 7.09. The van der Waals surface area contributed by atoms with E-state index in [0.29, 0.717) is 6.54 Å². The van der Waals surface area contributed by atoms with E-state index in [0.717, 1.165) is 10.6 Å². The quantitative estimate of drug-likeness (QED) is 0.888. The van der Waals surface area contributed by atoms with Crippen LogP contribution in [0.25, 0.3) is 0 Å². The minimum Gasteiger partial charge on any atom is -0.304 e. The average molecular weight is 237 g/mol. The summed E-state index contributed by atoms with van der Waals surface area (Å²) >= 11 is 1.61. The third kappa shape index (κ3) is 2.84. The fraction of sp³-hybridized carbons (Fsp3) is 0.273. The van der Waals surface area contributed by atoms with Crippen molar-refractivity contribution in [1.29, 1.82) is 0 Å². The minimum absolute atomic E-state index is 0.170. The number of nitrogens with zero attached hydrogens (tertiary/aromatic N) is 2. The average Bonchev–Trinajstić information content (AvgIpc) is 2.79. The molecular formula is C11H12FN3S. The van der Waals surface area contributed by atoms with Gasteiger partial charge in [-0.3, -0.25) is 4.98 Å². The Morgan fingerprint density at radius 3 is 3.06 bits per heavy atom. The lowest BCUT2D eigenvalue weighted by Gasteiger charge is -2.10. The molecule has 2 heterocycles. The van der Waals surface area contributed by atoms with Crippen LogP contribution in [-0.4, -0.2) is 9.97 Å². The first-order chi connectivity index (χ1) is 7.75. The zero-order valence-corrected chi connectivity index (χ0v) is 9.67. The number of hydrogen-bond acceptors (Lipinski definition) is 4. The molecule has 0 radical (unpaired) electrons. The predicted octanol–water partition coefficient (Wildman–Crippen LogP) is 2.53. The molecule has 0 spiro atoms. The van der Waals surface area contributed by atoms with Crippen molar-refractivity contribution in [2.45, 2.75) is 19.5 Å². The second-order valence-electron chi connectivity index (χ2n) is 3.48. The van der Waals surface area contributed by atoms with E-state index in [-0.39, 0.29) is 11.9 Å². The first kappa shape index (κ1) is 11.2. The summed E-state index contributed by atoms with van der Waals surface area (Å²) in [6, 6.07) is 1.65. The number of thiazole rings is 1. The van der Waals surface area contributed by atoms with Crippen molar-refractivity contribution in [3.8, 4) is 0 Å². The topological polar surface area (TPSA) is 37.8 Å². The lowest BCUT2D eigenvalue weighted by molar-refractivity contribution is 0.564. The molecule has 1 N–H and O–H groups in total. The highest BCUT2D eigenvalue weighted by Crippen LogP contribution is 2.15. The molecule has 0 saturated heterocycles. The fourth-order valence-electron chi connectivity index (χ4n) is 1.36. The molecule has 2 aromatic rings. The maximum absolute atomic E-state index is 12.9. The largest absolute Gasteiger partial charge is 0.304 e. The van der Waals surface area contributed by atoms with Gasteiger partial charge in [-0.1, -0.05) is 0 Å². The molecule has 0 aromatic carbocycles. The van der Waals surface area contributed by atoms with Crippen LogP contribution in [0, 0.1) is 5.82 Å². The van der Waals surface area contributed by atoms with Gasteiger partial charge in [-0.2, -0.15) is 0 Å². The van der Waals surface area contributed by atoms with Crippen LogP contribution in [0.1, 0.15) is 23.5 Å². The number of hydrogen-bond donors (Lipinski definition) is 1. The van der Waals surface area contributed by atoms with Crippen molar-refractivity contribution in [2.24, 2.45) is 0 Å². The van der Waals surface area contributed by atoms with Gasteiger partial charge in [-0.25, -0.2) is 9.37 Å². The summed E-state index contributed by atoms with van der Waals surface area (Å²) in [6.07, 6.45) is 4.64. The van der Waals surface area contributed by atoms with Gasteiger partial charge >= 0.3 is 0 Å². The van der Waals surface area contributed by atoms with Crippen LogP contribution in [0.15, 0.2) is 30.0 Å². The van der Waals surface area contributed by atoms with Crippen molar-refractivity contribution in [2.75, 3.05) is 0 Å². The summed E-state index contributed by atoms with van der Waals surface area (Å²) in [6.45, 7) is 2.62. The summed E-state index contributed by atoms with van der Waals surface area (Å²) in [5.41, 5.74) is 0.836. The number of rotatable bonds is 4. The van der Waals surface area contributed by atoms with Crippen molar-refractivity contribution in [3.63, 3.8) is 0 Å². The van der Waals surface area contributed by atoms with Crippen molar-refractivity contribution >= 4 is 11.3 Å². The van der Waals surface area contributed by atoms with Gasteiger partial charge in [0.05, 0.1) is 12.2 Å². The van der Waals surface area contributed by atoms with Crippen LogP contribution in [0.3, 0.4) is 0 Å². The lowest BCUT2D eigenvalue weighted by Crippen LogP contribution is -2.18. The standard InChI is InChI=1S/C11H12FN3S/c1-8(11-14-2-3-16-11)15-6-9-4-10(12)7-13-5-9/h2-5,7-8,15H,6H2,1H3. The molecule has 0 bridgehead atoms. The maximum Gasteiger partial charge on any atom is 0.141 e. The van der Waals surface area contributed by atoms with E-state index >= 15 is 0 Å². The molecule has 2 rings (SSSR count). The van der Waals surface area contributed by atoms with Crippen molar-refractivity contribution < 1.29 is 4.39 Å². The van der Waals surface area contributed by atoms with Gasteiger partial charge in [-0.15, -0.1) is 11.3 Å². The number of aromatic nitrogens is 2. The van der Waals surface area contributed by atoms with Gasteiger partial charge in [0.1, 0.15) is 10.8 Å². The Morgan fingerprint density at radius 1 is 1.50 bits per heavy atom. The van der Waals surface area contributed by atoms with Crippen LogP contribution in [-0.2, 0) is 6.54 Å². The number of pyridine rings is 1. The third-order valence-electron chi connectivity index (χ3n) is 2.20. The maximum atomic E-state index is 12.9. The lowest BCUT2D eigenvalue weighted by atomic mass is 10.2.